The highest BCUT2D eigenvalue weighted by atomic mass is 16.5. The Kier molecular flexibility index (Phi) is 10.0. The SMILES string of the molecule is CCN(CC)c1ccc(CNC(=O)C/C(C)=N/NC(=O)COc2ccc(OC)cc2)cc1. The number of nitrogens with one attached hydrogen (secondary N) is 2. The number of ether oxygens (including phenoxy) is 2. The lowest BCUT2D eigenvalue weighted by Crippen LogP contribution is -2.28. The lowest BCUT2D eigenvalue weighted by Gasteiger charge is -2.21. The van der Waals surface area contributed by atoms with Crippen LogP contribution < -0.4 is 25.1 Å². The lowest BCUT2D eigenvalue weighted by atomic mass is 10.2. The van der Waals surface area contributed by atoms with Crippen molar-refractivity contribution < 1.29 is 19.1 Å². The molecule has 32 heavy (non-hydrogen) atoms. The van der Waals surface area contributed by atoms with Crippen LogP contribution in [0, 0.1) is 0 Å². The molecule has 0 unspecified atom stereocenters. The van der Waals surface area contributed by atoms with Crippen LogP contribution in [0.5, 0.6) is 11.5 Å². The van der Waals surface area contributed by atoms with E-state index in [1.165, 1.54) is 5.69 Å². The van der Waals surface area contributed by atoms with Crippen LogP contribution in [0.1, 0.15) is 32.8 Å². The first-order chi connectivity index (χ1) is 15.4. The summed E-state index contributed by atoms with van der Waals surface area (Å²) < 4.78 is 10.5. The van der Waals surface area contributed by atoms with Crippen LogP contribution in [0.15, 0.2) is 53.6 Å². The molecule has 2 rings (SSSR count). The second-order valence-electron chi connectivity index (χ2n) is 7.14. The van der Waals surface area contributed by atoms with E-state index in [0.717, 1.165) is 18.7 Å². The van der Waals surface area contributed by atoms with Crippen LogP contribution in [0.25, 0.3) is 0 Å². The van der Waals surface area contributed by atoms with Crippen LogP contribution in [-0.2, 0) is 16.1 Å². The van der Waals surface area contributed by atoms with Gasteiger partial charge >= 0.3 is 0 Å². The second-order valence-corrected chi connectivity index (χ2v) is 7.14. The minimum absolute atomic E-state index is 0.0944. The summed E-state index contributed by atoms with van der Waals surface area (Å²) in [5, 5.41) is 6.83. The molecule has 2 N–H and O–H groups in total. The van der Waals surface area contributed by atoms with E-state index < -0.39 is 5.91 Å². The molecule has 0 aliphatic carbocycles. The van der Waals surface area contributed by atoms with Gasteiger partial charge in [-0.15, -0.1) is 0 Å². The third kappa shape index (κ3) is 8.29. The zero-order chi connectivity index (χ0) is 23.3. The summed E-state index contributed by atoms with van der Waals surface area (Å²) in [4.78, 5) is 26.3. The van der Waals surface area contributed by atoms with E-state index in [9.17, 15) is 9.59 Å². The van der Waals surface area contributed by atoms with Gasteiger partial charge in [-0.3, -0.25) is 9.59 Å². The van der Waals surface area contributed by atoms with Gasteiger partial charge in [0.1, 0.15) is 11.5 Å². The van der Waals surface area contributed by atoms with Gasteiger partial charge in [0.2, 0.25) is 5.91 Å². The van der Waals surface area contributed by atoms with Gasteiger partial charge in [0.25, 0.3) is 5.91 Å². The Morgan fingerprint density at radius 3 is 2.16 bits per heavy atom. The molecule has 0 fully saturated rings. The molecule has 0 atom stereocenters. The van der Waals surface area contributed by atoms with Gasteiger partial charge in [0.05, 0.1) is 13.5 Å². The second kappa shape index (κ2) is 13.0. The van der Waals surface area contributed by atoms with Crippen molar-refractivity contribution >= 4 is 23.2 Å². The minimum Gasteiger partial charge on any atom is -0.497 e. The Labute approximate surface area is 189 Å². The number of amides is 2. The number of methoxy groups -OCH3 is 1. The Balaban J connectivity index is 1.71. The van der Waals surface area contributed by atoms with Gasteiger partial charge in [0, 0.05) is 31.0 Å². The van der Waals surface area contributed by atoms with Crippen LogP contribution in [0.2, 0.25) is 0 Å². The summed E-state index contributed by atoms with van der Waals surface area (Å²) in [7, 11) is 1.58. The van der Waals surface area contributed by atoms with E-state index >= 15 is 0 Å². The van der Waals surface area contributed by atoms with Crippen LogP contribution >= 0.6 is 0 Å². The number of hydrogen-bond acceptors (Lipinski definition) is 6. The monoisotopic (exact) mass is 440 g/mol. The molecule has 0 saturated heterocycles. The van der Waals surface area contributed by atoms with Crippen molar-refractivity contribution in [3.8, 4) is 11.5 Å². The predicted molar refractivity (Wildman–Crippen MR) is 126 cm³/mol. The number of hydrazone groups is 1. The maximum Gasteiger partial charge on any atom is 0.277 e. The molecule has 0 spiro atoms. The third-order valence-electron chi connectivity index (χ3n) is 4.77. The minimum atomic E-state index is -0.408. The molecule has 0 saturated carbocycles. The first kappa shape index (κ1) is 24.7. The molecule has 0 aliphatic heterocycles. The largest absolute Gasteiger partial charge is 0.497 e. The first-order valence-corrected chi connectivity index (χ1v) is 10.6. The number of rotatable bonds is 12. The van der Waals surface area contributed by atoms with Crippen LogP contribution in [-0.4, -0.2) is 44.3 Å². The molecule has 0 heterocycles. The quantitative estimate of drug-likeness (QED) is 0.391. The molecule has 2 aromatic carbocycles. The number of carbonyl (C=O) groups excluding carboxylic acids is 2. The van der Waals surface area contributed by atoms with Gasteiger partial charge in [-0.05, 0) is 62.7 Å². The summed E-state index contributed by atoms with van der Waals surface area (Å²) >= 11 is 0. The molecule has 0 bridgehead atoms. The van der Waals surface area contributed by atoms with Gasteiger partial charge in [0.15, 0.2) is 6.61 Å². The predicted octanol–water partition coefficient (Wildman–Crippen LogP) is 3.12. The summed E-state index contributed by atoms with van der Waals surface area (Å²) in [5.74, 6) is 0.680. The molecular weight excluding hydrogens is 408 g/mol. The van der Waals surface area contributed by atoms with E-state index in [0.29, 0.717) is 23.8 Å². The number of hydrogen-bond donors (Lipinski definition) is 2. The molecule has 0 aromatic heterocycles. The van der Waals surface area contributed by atoms with Crippen LogP contribution in [0.4, 0.5) is 5.69 Å². The first-order valence-electron chi connectivity index (χ1n) is 10.6. The number of nitrogens with zero attached hydrogens (tertiary/aromatic N) is 2. The number of carbonyl (C=O) groups is 2. The van der Waals surface area contributed by atoms with Crippen molar-refractivity contribution in [1.82, 2.24) is 10.7 Å². The average molecular weight is 441 g/mol. The Hall–Kier alpha value is -3.55. The summed E-state index contributed by atoms with van der Waals surface area (Å²) in [6.45, 7) is 8.09. The van der Waals surface area contributed by atoms with Gasteiger partial charge < -0.3 is 19.7 Å². The van der Waals surface area contributed by atoms with Crippen molar-refractivity contribution in [2.75, 3.05) is 31.7 Å². The van der Waals surface area contributed by atoms with E-state index in [1.807, 2.05) is 12.1 Å². The fourth-order valence-corrected chi connectivity index (χ4v) is 2.96. The maximum atomic E-state index is 12.2. The molecule has 2 aromatic rings. The normalized spacial score (nSPS) is 10.9. The van der Waals surface area contributed by atoms with Crippen molar-refractivity contribution in [3.63, 3.8) is 0 Å². The highest BCUT2D eigenvalue weighted by Crippen LogP contribution is 2.17. The molecule has 8 heteroatoms. The molecule has 2 amide bonds. The van der Waals surface area contributed by atoms with Crippen molar-refractivity contribution in [2.24, 2.45) is 5.10 Å². The summed E-state index contributed by atoms with van der Waals surface area (Å²) in [6.07, 6.45) is 0.0944. The lowest BCUT2D eigenvalue weighted by molar-refractivity contribution is -0.123. The highest BCUT2D eigenvalue weighted by Gasteiger charge is 2.07. The van der Waals surface area contributed by atoms with E-state index in [4.69, 9.17) is 9.47 Å². The van der Waals surface area contributed by atoms with Crippen molar-refractivity contribution in [3.05, 3.63) is 54.1 Å². The summed E-state index contributed by atoms with van der Waals surface area (Å²) in [5.41, 5.74) is 5.08. The Bertz CT molecular complexity index is 891. The topological polar surface area (TPSA) is 92.3 Å². The molecule has 172 valence electrons. The molecule has 8 nitrogen and oxygen atoms in total. The smallest absolute Gasteiger partial charge is 0.277 e. The Morgan fingerprint density at radius 2 is 1.56 bits per heavy atom. The number of benzene rings is 2. The van der Waals surface area contributed by atoms with E-state index in [1.54, 1.807) is 38.3 Å². The van der Waals surface area contributed by atoms with Crippen molar-refractivity contribution in [2.45, 2.75) is 33.7 Å². The van der Waals surface area contributed by atoms with E-state index in [-0.39, 0.29) is 18.9 Å². The Morgan fingerprint density at radius 1 is 0.938 bits per heavy atom. The molecule has 0 aliphatic rings. The van der Waals surface area contributed by atoms with Gasteiger partial charge in [-0.2, -0.15) is 5.10 Å². The van der Waals surface area contributed by atoms with Crippen LogP contribution in [0.3, 0.4) is 0 Å². The fourth-order valence-electron chi connectivity index (χ4n) is 2.96. The number of anilines is 1. The standard InChI is InChI=1S/C24H32N4O4/c1-5-28(6-2)20-9-7-19(8-10-20)16-25-23(29)15-18(3)26-27-24(30)17-32-22-13-11-21(31-4)12-14-22/h7-14H,5-6,15-17H2,1-4H3,(H,25,29)(H,27,30)/b26-18+. The maximum absolute atomic E-state index is 12.2. The van der Waals surface area contributed by atoms with E-state index in [2.05, 4.69) is 46.7 Å². The summed E-state index contributed by atoms with van der Waals surface area (Å²) in [6, 6.07) is 15.1. The zero-order valence-corrected chi connectivity index (χ0v) is 19.2. The van der Waals surface area contributed by atoms with Crippen molar-refractivity contribution in [1.29, 1.82) is 0 Å². The zero-order valence-electron chi connectivity index (χ0n) is 19.2. The molecular formula is C24H32N4O4. The van der Waals surface area contributed by atoms with Gasteiger partial charge in [-0.1, -0.05) is 12.1 Å². The fraction of sp³-hybridized carbons (Fsp3) is 0.375. The third-order valence-corrected chi connectivity index (χ3v) is 4.77. The van der Waals surface area contributed by atoms with Gasteiger partial charge in [-0.25, -0.2) is 5.43 Å². The average Bonchev–Trinajstić information content (AvgIpc) is 2.82. The molecule has 0 radical (unpaired) electrons. The highest BCUT2D eigenvalue weighted by molar-refractivity contribution is 6.00.